The largest absolute Gasteiger partial charge is 0.481 e. The number of rotatable bonds is 6. The summed E-state index contributed by atoms with van der Waals surface area (Å²) in [5.41, 5.74) is -1.02. The third-order valence-corrected chi connectivity index (χ3v) is 3.92. The number of amides is 1. The molecule has 0 spiro atoms. The molecule has 19 heavy (non-hydrogen) atoms. The first-order chi connectivity index (χ1) is 8.70. The average molecular weight is 283 g/mol. The zero-order valence-corrected chi connectivity index (χ0v) is 12.6. The first-order valence-electron chi connectivity index (χ1n) is 6.29. The van der Waals surface area contributed by atoms with Gasteiger partial charge >= 0.3 is 5.97 Å². The van der Waals surface area contributed by atoms with Crippen molar-refractivity contribution in [3.05, 3.63) is 21.9 Å². The van der Waals surface area contributed by atoms with Gasteiger partial charge in [0.05, 0.1) is 5.41 Å². The minimum atomic E-state index is -1.02. The Kier molecular flexibility index (Phi) is 5.11. The number of hydrogen-bond donors (Lipinski definition) is 2. The summed E-state index contributed by atoms with van der Waals surface area (Å²) < 4.78 is 0. The van der Waals surface area contributed by atoms with E-state index in [2.05, 4.69) is 17.4 Å². The maximum absolute atomic E-state index is 11.8. The van der Waals surface area contributed by atoms with E-state index in [1.807, 2.05) is 13.8 Å². The Balaban J connectivity index is 2.46. The van der Waals surface area contributed by atoms with Crippen molar-refractivity contribution in [3.63, 3.8) is 0 Å². The number of nitrogens with one attached hydrogen (secondary N) is 1. The van der Waals surface area contributed by atoms with Gasteiger partial charge in [0.1, 0.15) is 0 Å². The molecule has 2 N–H and O–H groups in total. The van der Waals surface area contributed by atoms with Crippen LogP contribution in [0.1, 0.15) is 36.9 Å². The molecule has 0 bridgehead atoms. The van der Waals surface area contributed by atoms with E-state index in [-0.39, 0.29) is 18.4 Å². The van der Waals surface area contributed by atoms with E-state index < -0.39 is 11.4 Å². The Morgan fingerprint density at radius 1 is 1.42 bits per heavy atom. The summed E-state index contributed by atoms with van der Waals surface area (Å²) in [6, 6.07) is 4.13. The van der Waals surface area contributed by atoms with E-state index in [1.54, 1.807) is 25.2 Å². The molecule has 0 aliphatic heterocycles. The first kappa shape index (κ1) is 15.7. The van der Waals surface area contributed by atoms with Crippen LogP contribution in [0.3, 0.4) is 0 Å². The van der Waals surface area contributed by atoms with Gasteiger partial charge in [-0.05, 0) is 39.8 Å². The minimum Gasteiger partial charge on any atom is -0.481 e. The fourth-order valence-corrected chi connectivity index (χ4v) is 2.77. The zero-order valence-electron chi connectivity index (χ0n) is 11.8. The summed E-state index contributed by atoms with van der Waals surface area (Å²) in [7, 11) is 0. The van der Waals surface area contributed by atoms with Crippen molar-refractivity contribution >= 4 is 23.2 Å². The SMILES string of the molecule is Cc1ccc(CC(C)NC(=O)CC(C)(C)C(=O)O)s1. The minimum absolute atomic E-state index is 0.00383. The summed E-state index contributed by atoms with van der Waals surface area (Å²) in [6.07, 6.45) is 0.772. The highest BCUT2D eigenvalue weighted by molar-refractivity contribution is 7.11. The number of carbonyl (C=O) groups excluding carboxylic acids is 1. The van der Waals surface area contributed by atoms with Crippen molar-refractivity contribution in [2.45, 2.75) is 46.6 Å². The second-order valence-corrected chi connectivity index (χ2v) is 6.92. The number of carboxylic acids is 1. The van der Waals surface area contributed by atoms with Crippen molar-refractivity contribution in [3.8, 4) is 0 Å². The molecule has 0 radical (unpaired) electrons. The lowest BCUT2D eigenvalue weighted by molar-refractivity contribution is -0.149. The van der Waals surface area contributed by atoms with E-state index in [0.717, 1.165) is 6.42 Å². The number of carbonyl (C=O) groups is 2. The molecular weight excluding hydrogens is 262 g/mol. The monoisotopic (exact) mass is 283 g/mol. The second kappa shape index (κ2) is 6.19. The summed E-state index contributed by atoms with van der Waals surface area (Å²) in [4.78, 5) is 25.2. The molecule has 4 nitrogen and oxygen atoms in total. The number of thiophene rings is 1. The van der Waals surface area contributed by atoms with Crippen molar-refractivity contribution in [2.75, 3.05) is 0 Å². The Hall–Kier alpha value is -1.36. The molecule has 0 aliphatic rings. The molecule has 1 unspecified atom stereocenters. The van der Waals surface area contributed by atoms with Crippen molar-refractivity contribution < 1.29 is 14.7 Å². The Bertz CT molecular complexity index is 465. The van der Waals surface area contributed by atoms with Gasteiger partial charge in [0.15, 0.2) is 0 Å². The van der Waals surface area contributed by atoms with Gasteiger partial charge in [0, 0.05) is 28.6 Å². The molecule has 1 amide bonds. The molecule has 1 aromatic heterocycles. The lowest BCUT2D eigenvalue weighted by atomic mass is 9.89. The van der Waals surface area contributed by atoms with Gasteiger partial charge in [0.2, 0.25) is 5.91 Å². The molecule has 0 fully saturated rings. The number of hydrogen-bond acceptors (Lipinski definition) is 3. The molecule has 0 saturated heterocycles. The van der Waals surface area contributed by atoms with E-state index in [4.69, 9.17) is 5.11 Å². The van der Waals surface area contributed by atoms with Crippen LogP contribution in [0.2, 0.25) is 0 Å². The molecule has 1 heterocycles. The van der Waals surface area contributed by atoms with Crippen LogP contribution in [0.4, 0.5) is 0 Å². The summed E-state index contributed by atoms with van der Waals surface area (Å²) in [5, 5.41) is 11.8. The van der Waals surface area contributed by atoms with Crippen LogP contribution in [-0.2, 0) is 16.0 Å². The topological polar surface area (TPSA) is 66.4 Å². The fourth-order valence-electron chi connectivity index (χ4n) is 1.75. The summed E-state index contributed by atoms with van der Waals surface area (Å²) >= 11 is 1.72. The van der Waals surface area contributed by atoms with E-state index in [0.29, 0.717) is 0 Å². The molecule has 106 valence electrons. The Morgan fingerprint density at radius 3 is 2.53 bits per heavy atom. The fraction of sp³-hybridized carbons (Fsp3) is 0.571. The first-order valence-corrected chi connectivity index (χ1v) is 7.10. The van der Waals surface area contributed by atoms with Crippen LogP contribution in [0.15, 0.2) is 12.1 Å². The van der Waals surface area contributed by atoms with Gasteiger partial charge in [-0.25, -0.2) is 0 Å². The molecule has 1 aromatic rings. The second-order valence-electron chi connectivity index (χ2n) is 5.55. The smallest absolute Gasteiger partial charge is 0.309 e. The molecule has 0 aliphatic carbocycles. The molecule has 0 saturated carbocycles. The molecule has 0 aromatic carbocycles. The highest BCUT2D eigenvalue weighted by atomic mass is 32.1. The normalized spacial score (nSPS) is 13.1. The lowest BCUT2D eigenvalue weighted by Gasteiger charge is -2.20. The maximum atomic E-state index is 11.8. The van der Waals surface area contributed by atoms with Gasteiger partial charge in [-0.3, -0.25) is 9.59 Å². The molecule has 1 rings (SSSR count). The van der Waals surface area contributed by atoms with E-state index in [1.165, 1.54) is 9.75 Å². The van der Waals surface area contributed by atoms with Gasteiger partial charge in [-0.15, -0.1) is 11.3 Å². The maximum Gasteiger partial charge on any atom is 0.309 e. The summed E-state index contributed by atoms with van der Waals surface area (Å²) in [6.45, 7) is 7.10. The highest BCUT2D eigenvalue weighted by Gasteiger charge is 2.30. The van der Waals surface area contributed by atoms with E-state index in [9.17, 15) is 9.59 Å². The predicted octanol–water partition coefficient (Wildman–Crippen LogP) is 2.60. The van der Waals surface area contributed by atoms with Crippen LogP contribution in [-0.4, -0.2) is 23.0 Å². The van der Waals surface area contributed by atoms with E-state index >= 15 is 0 Å². The highest BCUT2D eigenvalue weighted by Crippen LogP contribution is 2.21. The third kappa shape index (κ3) is 5.03. The summed E-state index contributed by atoms with van der Waals surface area (Å²) in [5.74, 6) is -1.17. The zero-order chi connectivity index (χ0) is 14.6. The molecular formula is C14H21NO3S. The van der Waals surface area contributed by atoms with Crippen LogP contribution in [0.25, 0.3) is 0 Å². The third-order valence-electron chi connectivity index (χ3n) is 2.89. The lowest BCUT2D eigenvalue weighted by Crippen LogP contribution is -2.38. The average Bonchev–Trinajstić information content (AvgIpc) is 2.61. The molecule has 1 atom stereocenters. The van der Waals surface area contributed by atoms with Crippen LogP contribution in [0.5, 0.6) is 0 Å². The van der Waals surface area contributed by atoms with Gasteiger partial charge in [-0.2, -0.15) is 0 Å². The number of carboxylic acid groups (broad SMARTS) is 1. The molecule has 5 heteroatoms. The van der Waals surface area contributed by atoms with Crippen molar-refractivity contribution in [2.24, 2.45) is 5.41 Å². The standard InChI is InChI=1S/C14H21NO3S/c1-9(7-11-6-5-10(2)19-11)15-12(16)8-14(3,4)13(17)18/h5-6,9H,7-8H2,1-4H3,(H,15,16)(H,17,18). The van der Waals surface area contributed by atoms with Gasteiger partial charge < -0.3 is 10.4 Å². The van der Waals surface area contributed by atoms with Crippen molar-refractivity contribution in [1.82, 2.24) is 5.32 Å². The quantitative estimate of drug-likeness (QED) is 0.843. The van der Waals surface area contributed by atoms with Crippen LogP contribution >= 0.6 is 11.3 Å². The predicted molar refractivity (Wildman–Crippen MR) is 76.4 cm³/mol. The number of aliphatic carboxylic acids is 1. The Morgan fingerprint density at radius 2 is 2.05 bits per heavy atom. The number of aryl methyl sites for hydroxylation is 1. The van der Waals surface area contributed by atoms with Crippen molar-refractivity contribution in [1.29, 1.82) is 0 Å². The van der Waals surface area contributed by atoms with Gasteiger partial charge in [-0.1, -0.05) is 0 Å². The van der Waals surface area contributed by atoms with Crippen LogP contribution < -0.4 is 5.32 Å². The Labute approximate surface area is 117 Å². The van der Waals surface area contributed by atoms with Gasteiger partial charge in [0.25, 0.3) is 0 Å². The van der Waals surface area contributed by atoms with Crippen LogP contribution in [0, 0.1) is 12.3 Å².